The Bertz CT molecular complexity index is 1490. The lowest BCUT2D eigenvalue weighted by molar-refractivity contribution is 0.293. The SMILES string of the molecule is Cc1c(Cl)cccc1S(=O)(=O)Nc1nc2scnc2nc1OCc1ccc2c(c1)N(C)CCO2. The summed E-state index contributed by atoms with van der Waals surface area (Å²) in [6.07, 6.45) is 0. The molecule has 4 aromatic rings. The molecule has 0 saturated carbocycles. The fourth-order valence-corrected chi connectivity index (χ4v) is 5.65. The molecule has 2 aromatic carbocycles. The number of nitrogens with one attached hydrogen (secondary N) is 1. The normalized spacial score (nSPS) is 13.4. The van der Waals surface area contributed by atoms with E-state index in [0.29, 0.717) is 27.7 Å². The van der Waals surface area contributed by atoms with Gasteiger partial charge in [0.05, 0.1) is 22.6 Å². The number of likely N-dealkylation sites (N-methyl/N-ethyl adjacent to an activating group) is 1. The Hall–Kier alpha value is -3.15. The Morgan fingerprint density at radius 3 is 2.97 bits per heavy atom. The van der Waals surface area contributed by atoms with Crippen molar-refractivity contribution in [1.82, 2.24) is 15.0 Å². The summed E-state index contributed by atoms with van der Waals surface area (Å²) in [6, 6.07) is 10.5. The van der Waals surface area contributed by atoms with Gasteiger partial charge >= 0.3 is 0 Å². The standard InChI is InChI=1S/C22H20ClN5O4S2/c1-13-15(23)4-3-5-18(13)34(29,30)27-19-21(25-20-22(26-19)33-12-24-20)32-11-14-6-7-17-16(10-14)28(2)8-9-31-17/h3-7,10,12H,8-9,11H2,1-2H3,(H,26,27). The molecule has 12 heteroatoms. The van der Waals surface area contributed by atoms with Crippen LogP contribution in [-0.2, 0) is 16.6 Å². The van der Waals surface area contributed by atoms with Crippen molar-refractivity contribution in [2.75, 3.05) is 29.8 Å². The molecule has 5 rings (SSSR count). The van der Waals surface area contributed by atoms with Gasteiger partial charge in [-0.05, 0) is 42.3 Å². The highest BCUT2D eigenvalue weighted by atomic mass is 35.5. The summed E-state index contributed by atoms with van der Waals surface area (Å²) in [5.41, 5.74) is 4.24. The molecule has 0 amide bonds. The number of ether oxygens (including phenoxy) is 2. The summed E-state index contributed by atoms with van der Waals surface area (Å²) in [5, 5.41) is 0.352. The van der Waals surface area contributed by atoms with Crippen molar-refractivity contribution >= 4 is 54.9 Å². The second-order valence-electron chi connectivity index (χ2n) is 7.69. The molecule has 1 aliphatic rings. The minimum absolute atomic E-state index is 0.0189. The van der Waals surface area contributed by atoms with Crippen LogP contribution in [0.5, 0.6) is 11.6 Å². The Kier molecular flexibility index (Phi) is 5.92. The molecule has 1 aliphatic heterocycles. The van der Waals surface area contributed by atoms with Gasteiger partial charge in [-0.2, -0.15) is 4.98 Å². The number of aromatic nitrogens is 3. The van der Waals surface area contributed by atoms with E-state index in [2.05, 4.69) is 24.6 Å². The zero-order valence-electron chi connectivity index (χ0n) is 18.3. The lowest BCUT2D eigenvalue weighted by Gasteiger charge is -2.28. The van der Waals surface area contributed by atoms with Gasteiger partial charge in [-0.15, -0.1) is 11.3 Å². The number of fused-ring (bicyclic) bond motifs is 2. The van der Waals surface area contributed by atoms with Crippen LogP contribution >= 0.6 is 22.9 Å². The first-order valence-electron chi connectivity index (χ1n) is 10.3. The number of nitrogens with zero attached hydrogens (tertiary/aromatic N) is 4. The Labute approximate surface area is 205 Å². The number of thiazole rings is 1. The lowest BCUT2D eigenvalue weighted by atomic mass is 10.1. The number of sulfonamides is 1. The zero-order chi connectivity index (χ0) is 23.9. The van der Waals surface area contributed by atoms with Gasteiger partial charge < -0.3 is 14.4 Å². The van der Waals surface area contributed by atoms with Gasteiger partial charge in [0.2, 0.25) is 5.82 Å². The first kappa shape index (κ1) is 22.6. The molecule has 0 fully saturated rings. The minimum Gasteiger partial charge on any atom is -0.490 e. The monoisotopic (exact) mass is 517 g/mol. The number of rotatable bonds is 6. The maximum atomic E-state index is 13.1. The summed E-state index contributed by atoms with van der Waals surface area (Å²) in [7, 11) is -2.00. The largest absolute Gasteiger partial charge is 0.490 e. The average Bonchev–Trinajstić information content (AvgIpc) is 3.26. The van der Waals surface area contributed by atoms with Crippen LogP contribution in [0.3, 0.4) is 0 Å². The first-order chi connectivity index (χ1) is 16.3. The van der Waals surface area contributed by atoms with Crippen LogP contribution in [-0.4, -0.2) is 43.6 Å². The van der Waals surface area contributed by atoms with Crippen molar-refractivity contribution in [2.45, 2.75) is 18.4 Å². The topological polar surface area (TPSA) is 107 Å². The third kappa shape index (κ3) is 4.33. The number of hydrogen-bond donors (Lipinski definition) is 1. The number of halogens is 1. The van der Waals surface area contributed by atoms with Crippen LogP contribution in [0.4, 0.5) is 11.5 Å². The minimum atomic E-state index is -4.00. The van der Waals surface area contributed by atoms with E-state index < -0.39 is 10.0 Å². The third-order valence-corrected chi connectivity index (χ3v) is 7.99. The maximum Gasteiger partial charge on any atom is 0.263 e. The number of anilines is 2. The van der Waals surface area contributed by atoms with Crippen LogP contribution in [0.25, 0.3) is 10.5 Å². The summed E-state index contributed by atoms with van der Waals surface area (Å²) in [4.78, 5) is 15.6. The third-order valence-electron chi connectivity index (χ3n) is 5.39. The highest BCUT2D eigenvalue weighted by Crippen LogP contribution is 2.33. The fraction of sp³-hybridized carbons (Fsp3) is 0.227. The van der Waals surface area contributed by atoms with E-state index in [1.807, 2.05) is 25.2 Å². The Morgan fingerprint density at radius 1 is 1.26 bits per heavy atom. The molecule has 2 aromatic heterocycles. The summed E-state index contributed by atoms with van der Waals surface area (Å²) >= 11 is 7.38. The van der Waals surface area contributed by atoms with Crippen molar-refractivity contribution in [2.24, 2.45) is 0 Å². The van der Waals surface area contributed by atoms with Gasteiger partial charge in [-0.3, -0.25) is 4.72 Å². The Morgan fingerprint density at radius 2 is 2.12 bits per heavy atom. The van der Waals surface area contributed by atoms with Gasteiger partial charge in [0.25, 0.3) is 15.9 Å². The molecule has 0 spiro atoms. The van der Waals surface area contributed by atoms with Gasteiger partial charge in [-0.25, -0.2) is 18.4 Å². The first-order valence-corrected chi connectivity index (χ1v) is 13.0. The van der Waals surface area contributed by atoms with Crippen LogP contribution in [0, 0.1) is 6.92 Å². The van der Waals surface area contributed by atoms with E-state index >= 15 is 0 Å². The fourth-order valence-electron chi connectivity index (χ4n) is 3.55. The van der Waals surface area contributed by atoms with Crippen molar-refractivity contribution in [3.63, 3.8) is 0 Å². The van der Waals surface area contributed by atoms with Crippen LogP contribution in [0.15, 0.2) is 46.8 Å². The predicted octanol–water partition coefficient (Wildman–Crippen LogP) is 4.26. The van der Waals surface area contributed by atoms with Gasteiger partial charge in [0.15, 0.2) is 10.5 Å². The smallest absolute Gasteiger partial charge is 0.263 e. The second kappa shape index (κ2) is 8.90. The van der Waals surface area contributed by atoms with Gasteiger partial charge in [-0.1, -0.05) is 23.7 Å². The van der Waals surface area contributed by atoms with Crippen LogP contribution in [0.1, 0.15) is 11.1 Å². The molecule has 0 radical (unpaired) electrons. The molecule has 0 unspecified atom stereocenters. The molecule has 0 saturated heterocycles. The van der Waals surface area contributed by atoms with Crippen molar-refractivity contribution in [3.8, 4) is 11.6 Å². The lowest BCUT2D eigenvalue weighted by Crippen LogP contribution is -2.28. The number of benzene rings is 2. The average molecular weight is 518 g/mol. The van der Waals surface area contributed by atoms with Crippen molar-refractivity contribution < 1.29 is 17.9 Å². The van der Waals surface area contributed by atoms with E-state index in [-0.39, 0.29) is 23.2 Å². The molecule has 0 aliphatic carbocycles. The molecule has 176 valence electrons. The second-order valence-corrected chi connectivity index (χ2v) is 10.6. The maximum absolute atomic E-state index is 13.1. The molecule has 0 atom stereocenters. The zero-order valence-corrected chi connectivity index (χ0v) is 20.7. The molecular weight excluding hydrogens is 498 g/mol. The van der Waals surface area contributed by atoms with Crippen LogP contribution < -0.4 is 19.1 Å². The molecular formula is C22H20ClN5O4S2. The summed E-state index contributed by atoms with van der Waals surface area (Å²) in [6.45, 7) is 3.22. The van der Waals surface area contributed by atoms with Crippen LogP contribution in [0.2, 0.25) is 5.02 Å². The highest BCUT2D eigenvalue weighted by Gasteiger charge is 2.23. The summed E-state index contributed by atoms with van der Waals surface area (Å²) in [5.74, 6) is 0.824. The van der Waals surface area contributed by atoms with E-state index in [4.69, 9.17) is 21.1 Å². The van der Waals surface area contributed by atoms with Crippen molar-refractivity contribution in [3.05, 3.63) is 58.1 Å². The quantitative estimate of drug-likeness (QED) is 0.404. The molecule has 9 nitrogen and oxygen atoms in total. The molecule has 34 heavy (non-hydrogen) atoms. The van der Waals surface area contributed by atoms with E-state index in [9.17, 15) is 8.42 Å². The highest BCUT2D eigenvalue weighted by molar-refractivity contribution is 7.92. The molecule has 3 heterocycles. The van der Waals surface area contributed by atoms with Crippen molar-refractivity contribution in [1.29, 1.82) is 0 Å². The number of hydrogen-bond acceptors (Lipinski definition) is 9. The summed E-state index contributed by atoms with van der Waals surface area (Å²) < 4.78 is 40.4. The van der Waals surface area contributed by atoms with Gasteiger partial charge in [0.1, 0.15) is 19.0 Å². The van der Waals surface area contributed by atoms with E-state index in [1.54, 1.807) is 24.6 Å². The Balaban J connectivity index is 1.46. The molecule has 0 bridgehead atoms. The van der Waals surface area contributed by atoms with E-state index in [0.717, 1.165) is 23.5 Å². The van der Waals surface area contributed by atoms with Gasteiger partial charge in [0, 0.05) is 12.1 Å². The molecule has 1 N–H and O–H groups in total. The predicted molar refractivity (Wildman–Crippen MR) is 132 cm³/mol. The van der Waals surface area contributed by atoms with E-state index in [1.165, 1.54) is 17.4 Å².